The minimum absolute atomic E-state index is 0.107. The Morgan fingerprint density at radius 2 is 2.44 bits per heavy atom. The van der Waals surface area contributed by atoms with Crippen molar-refractivity contribution in [2.24, 2.45) is 12.0 Å². The molecule has 2 heterocycles. The van der Waals surface area contributed by atoms with Gasteiger partial charge in [-0.1, -0.05) is 0 Å². The van der Waals surface area contributed by atoms with Crippen LogP contribution in [0.5, 0.6) is 0 Å². The largest absolute Gasteiger partial charge is 0.382 e. The second-order valence-corrected chi connectivity index (χ2v) is 5.82. The maximum Gasteiger partial charge on any atom is 0.113 e. The first-order valence-electron chi connectivity index (χ1n) is 4.95. The quantitative estimate of drug-likeness (QED) is 0.858. The number of halogens is 1. The summed E-state index contributed by atoms with van der Waals surface area (Å²) in [5, 5.41) is 5.24. The summed E-state index contributed by atoms with van der Waals surface area (Å²) in [4.78, 5) is 4.73. The second kappa shape index (κ2) is 4.50. The van der Waals surface area contributed by atoms with Gasteiger partial charge < -0.3 is 4.74 Å². The molecule has 0 spiro atoms. The summed E-state index contributed by atoms with van der Waals surface area (Å²) >= 11 is 5.27. The highest BCUT2D eigenvalue weighted by molar-refractivity contribution is 9.10. The number of aliphatic imine (C=N–C) groups is 1. The summed E-state index contributed by atoms with van der Waals surface area (Å²) in [6.07, 6.45) is 1.84. The maximum absolute atomic E-state index is 5.20. The standard InChI is InChI=1S/C10H14BrN3OS/c1-10(5-15-3)6-16-9(13-10)7-4-12-14(2)8(7)11/h4H,5-6H2,1-3H3. The van der Waals surface area contributed by atoms with Crippen molar-refractivity contribution in [3.8, 4) is 0 Å². The number of hydrogen-bond donors (Lipinski definition) is 0. The molecule has 6 heteroatoms. The van der Waals surface area contributed by atoms with Crippen LogP contribution in [-0.4, -0.2) is 39.8 Å². The summed E-state index contributed by atoms with van der Waals surface area (Å²) in [6, 6.07) is 0. The minimum atomic E-state index is -0.107. The third kappa shape index (κ3) is 2.19. The Morgan fingerprint density at radius 3 is 3.00 bits per heavy atom. The van der Waals surface area contributed by atoms with Crippen molar-refractivity contribution in [2.45, 2.75) is 12.5 Å². The van der Waals surface area contributed by atoms with Crippen LogP contribution in [0.2, 0.25) is 0 Å². The molecule has 2 rings (SSSR count). The third-order valence-electron chi connectivity index (χ3n) is 2.44. The van der Waals surface area contributed by atoms with Crippen LogP contribution in [0.3, 0.4) is 0 Å². The molecule has 1 aromatic heterocycles. The van der Waals surface area contributed by atoms with E-state index < -0.39 is 0 Å². The molecule has 1 aliphatic heterocycles. The van der Waals surface area contributed by atoms with E-state index in [0.29, 0.717) is 6.61 Å². The van der Waals surface area contributed by atoms with E-state index in [4.69, 9.17) is 9.73 Å². The van der Waals surface area contributed by atoms with Gasteiger partial charge in [0.1, 0.15) is 9.65 Å². The van der Waals surface area contributed by atoms with Crippen molar-refractivity contribution in [1.29, 1.82) is 0 Å². The van der Waals surface area contributed by atoms with Gasteiger partial charge in [-0.3, -0.25) is 9.67 Å². The van der Waals surface area contributed by atoms with Gasteiger partial charge in [0.15, 0.2) is 0 Å². The molecule has 0 fully saturated rings. The van der Waals surface area contributed by atoms with Gasteiger partial charge in [0, 0.05) is 19.9 Å². The monoisotopic (exact) mass is 303 g/mol. The summed E-state index contributed by atoms with van der Waals surface area (Å²) in [6.45, 7) is 2.77. The highest BCUT2D eigenvalue weighted by atomic mass is 79.9. The Bertz CT molecular complexity index is 432. The van der Waals surface area contributed by atoms with E-state index in [1.807, 2.05) is 13.2 Å². The molecule has 1 aliphatic rings. The lowest BCUT2D eigenvalue weighted by Gasteiger charge is -2.17. The lowest BCUT2D eigenvalue weighted by molar-refractivity contribution is 0.153. The van der Waals surface area contributed by atoms with Gasteiger partial charge in [-0.05, 0) is 22.9 Å². The van der Waals surface area contributed by atoms with Crippen LogP contribution < -0.4 is 0 Å². The fourth-order valence-electron chi connectivity index (χ4n) is 1.62. The van der Waals surface area contributed by atoms with Crippen molar-refractivity contribution < 1.29 is 4.74 Å². The molecule has 0 aliphatic carbocycles. The molecular formula is C10H14BrN3OS. The zero-order valence-electron chi connectivity index (χ0n) is 9.53. The number of thioether (sulfide) groups is 1. The van der Waals surface area contributed by atoms with E-state index in [9.17, 15) is 0 Å². The van der Waals surface area contributed by atoms with Crippen LogP contribution in [-0.2, 0) is 11.8 Å². The van der Waals surface area contributed by atoms with Crippen LogP contribution in [0.25, 0.3) is 0 Å². The van der Waals surface area contributed by atoms with Gasteiger partial charge >= 0.3 is 0 Å². The van der Waals surface area contributed by atoms with Crippen molar-refractivity contribution in [2.75, 3.05) is 19.5 Å². The zero-order chi connectivity index (χ0) is 11.8. The highest BCUT2D eigenvalue weighted by Crippen LogP contribution is 2.33. The Balaban J connectivity index is 2.27. The van der Waals surface area contributed by atoms with Crippen LogP contribution in [0, 0.1) is 0 Å². The number of methoxy groups -OCH3 is 1. The second-order valence-electron chi connectivity index (χ2n) is 4.11. The van der Waals surface area contributed by atoms with E-state index in [-0.39, 0.29) is 5.54 Å². The Hall–Kier alpha value is -0.330. The van der Waals surface area contributed by atoms with Crippen molar-refractivity contribution in [1.82, 2.24) is 9.78 Å². The SMILES string of the molecule is COCC1(C)CSC(c2cnn(C)c2Br)=N1. The Labute approximate surface area is 108 Å². The van der Waals surface area contributed by atoms with E-state index in [1.165, 1.54) is 0 Å². The third-order valence-corrected chi connectivity index (χ3v) is 4.73. The topological polar surface area (TPSA) is 39.4 Å². The van der Waals surface area contributed by atoms with Crippen molar-refractivity contribution >= 4 is 32.7 Å². The lowest BCUT2D eigenvalue weighted by Crippen LogP contribution is -2.28. The van der Waals surface area contributed by atoms with Crippen LogP contribution in [0.15, 0.2) is 15.8 Å². The molecule has 1 atom stereocenters. The van der Waals surface area contributed by atoms with E-state index >= 15 is 0 Å². The first kappa shape index (κ1) is 12.1. The number of aromatic nitrogens is 2. The molecule has 4 nitrogen and oxygen atoms in total. The molecule has 0 N–H and O–H groups in total. The summed E-state index contributed by atoms with van der Waals surface area (Å²) < 4.78 is 7.96. The van der Waals surface area contributed by atoms with Crippen LogP contribution in [0.4, 0.5) is 0 Å². The van der Waals surface area contributed by atoms with Gasteiger partial charge in [0.25, 0.3) is 0 Å². The molecule has 0 saturated heterocycles. The fraction of sp³-hybridized carbons (Fsp3) is 0.600. The molecule has 16 heavy (non-hydrogen) atoms. The van der Waals surface area contributed by atoms with Gasteiger partial charge in [-0.2, -0.15) is 5.10 Å². The highest BCUT2D eigenvalue weighted by Gasteiger charge is 2.32. The first-order valence-corrected chi connectivity index (χ1v) is 6.73. The lowest BCUT2D eigenvalue weighted by atomic mass is 10.1. The molecule has 1 unspecified atom stereocenters. The number of hydrogen-bond acceptors (Lipinski definition) is 4. The maximum atomic E-state index is 5.20. The molecule has 88 valence electrons. The predicted octanol–water partition coefficient (Wildman–Crippen LogP) is 2.08. The summed E-state index contributed by atoms with van der Waals surface area (Å²) in [5.74, 6) is 0.956. The predicted molar refractivity (Wildman–Crippen MR) is 70.2 cm³/mol. The number of rotatable bonds is 3. The molecule has 1 aromatic rings. The number of aryl methyl sites for hydroxylation is 1. The zero-order valence-corrected chi connectivity index (χ0v) is 11.9. The smallest absolute Gasteiger partial charge is 0.113 e. The summed E-state index contributed by atoms with van der Waals surface area (Å²) in [5.41, 5.74) is 0.955. The molecule has 0 saturated carbocycles. The molecule has 0 radical (unpaired) electrons. The van der Waals surface area contributed by atoms with Crippen molar-refractivity contribution in [3.05, 3.63) is 16.4 Å². The number of nitrogens with zero attached hydrogens (tertiary/aromatic N) is 3. The average molecular weight is 304 g/mol. The van der Waals surface area contributed by atoms with E-state index in [2.05, 4.69) is 28.0 Å². The normalized spacial score (nSPS) is 24.9. The van der Waals surface area contributed by atoms with E-state index in [1.54, 1.807) is 23.6 Å². The fourth-order valence-corrected chi connectivity index (χ4v) is 3.32. The molecule has 0 bridgehead atoms. The molecule has 0 aromatic carbocycles. The Morgan fingerprint density at radius 1 is 1.69 bits per heavy atom. The molecule has 0 amide bonds. The number of ether oxygens (including phenoxy) is 1. The van der Waals surface area contributed by atoms with Crippen molar-refractivity contribution in [3.63, 3.8) is 0 Å². The Kier molecular flexibility index (Phi) is 3.42. The first-order chi connectivity index (χ1) is 7.56. The van der Waals surface area contributed by atoms with Crippen LogP contribution in [0.1, 0.15) is 12.5 Å². The minimum Gasteiger partial charge on any atom is -0.382 e. The van der Waals surface area contributed by atoms with Crippen LogP contribution >= 0.6 is 27.7 Å². The van der Waals surface area contributed by atoms with Gasteiger partial charge in [0.05, 0.1) is 23.9 Å². The molecular weight excluding hydrogens is 290 g/mol. The van der Waals surface area contributed by atoms with Gasteiger partial charge in [0.2, 0.25) is 0 Å². The summed E-state index contributed by atoms with van der Waals surface area (Å²) in [7, 11) is 3.62. The van der Waals surface area contributed by atoms with Gasteiger partial charge in [-0.15, -0.1) is 11.8 Å². The van der Waals surface area contributed by atoms with E-state index in [0.717, 1.165) is 21.0 Å². The average Bonchev–Trinajstić information content (AvgIpc) is 2.74. The van der Waals surface area contributed by atoms with Gasteiger partial charge in [-0.25, -0.2) is 0 Å².